The number of allylic oxidation sites excluding steroid dienone is 7. The van der Waals surface area contributed by atoms with Crippen molar-refractivity contribution in [1.29, 1.82) is 0 Å². The molecule has 0 fully saturated rings. The Bertz CT molecular complexity index is 846. The average Bonchev–Trinajstić information content (AvgIpc) is 3.42. The molecule has 4 nitrogen and oxygen atoms in total. The lowest BCUT2D eigenvalue weighted by atomic mass is 9.95. The number of H-pyrrole nitrogens is 1. The van der Waals surface area contributed by atoms with Gasteiger partial charge in [0.15, 0.2) is 5.78 Å². The number of aromatic nitrogens is 3. The van der Waals surface area contributed by atoms with E-state index in [1.807, 2.05) is 13.1 Å². The molecule has 0 atom stereocenters. The van der Waals surface area contributed by atoms with Gasteiger partial charge in [-0.3, -0.25) is 4.79 Å². The normalized spacial score (nSPS) is 14.7. The molecule has 0 saturated heterocycles. The smallest absolute Gasteiger partial charge is 0.154 e. The topological polar surface area (TPSA) is 58.6 Å². The number of fused-ring (bicyclic) bond motifs is 1. The van der Waals surface area contributed by atoms with Crippen LogP contribution in [0.15, 0.2) is 55.6 Å². The monoisotopic (exact) mass is 363 g/mol. The molecule has 0 aromatic carbocycles. The summed E-state index contributed by atoms with van der Waals surface area (Å²) in [6.07, 6.45) is 22.3. The molecule has 2 aliphatic carbocycles. The predicted molar refractivity (Wildman–Crippen MR) is 113 cm³/mol. The van der Waals surface area contributed by atoms with Crippen LogP contribution in [0.1, 0.15) is 56.7 Å². The summed E-state index contributed by atoms with van der Waals surface area (Å²) in [6.45, 7) is 7.20. The van der Waals surface area contributed by atoms with Gasteiger partial charge in [0.2, 0.25) is 0 Å². The van der Waals surface area contributed by atoms with Crippen LogP contribution in [-0.4, -0.2) is 20.7 Å². The van der Waals surface area contributed by atoms with Crippen LogP contribution in [0.4, 0.5) is 0 Å². The molecule has 2 aromatic heterocycles. The van der Waals surface area contributed by atoms with Crippen molar-refractivity contribution in [3.63, 3.8) is 0 Å². The summed E-state index contributed by atoms with van der Waals surface area (Å²) in [7, 11) is 0. The number of carbonyl (C=O) groups excluding carboxylic acids is 1. The number of carbonyl (C=O) groups is 1. The molecular weight excluding hydrogens is 334 g/mol. The minimum Gasteiger partial charge on any atom is -0.346 e. The molecular formula is C23H29N3O. The third kappa shape index (κ3) is 6.17. The maximum absolute atomic E-state index is 10.1. The van der Waals surface area contributed by atoms with E-state index < -0.39 is 0 Å². The highest BCUT2D eigenvalue weighted by Crippen LogP contribution is 2.30. The fraction of sp³-hybridized carbons (Fsp3) is 0.348. The molecule has 2 aromatic rings. The van der Waals surface area contributed by atoms with Crippen molar-refractivity contribution < 1.29 is 4.79 Å². The Morgan fingerprint density at radius 1 is 1.26 bits per heavy atom. The molecule has 4 rings (SSSR count). The van der Waals surface area contributed by atoms with Crippen molar-refractivity contribution >= 4 is 22.4 Å². The molecule has 1 N–H and O–H groups in total. The Morgan fingerprint density at radius 3 is 2.56 bits per heavy atom. The molecule has 0 radical (unpaired) electrons. The number of aromatic amines is 1. The van der Waals surface area contributed by atoms with Gasteiger partial charge >= 0.3 is 0 Å². The molecule has 0 bridgehead atoms. The Labute approximate surface area is 161 Å². The van der Waals surface area contributed by atoms with Crippen molar-refractivity contribution in [1.82, 2.24) is 15.0 Å². The number of ketones is 1. The predicted octanol–water partition coefficient (Wildman–Crippen LogP) is 5.88. The summed E-state index contributed by atoms with van der Waals surface area (Å²) in [5.41, 5.74) is 4.70. The fourth-order valence-corrected chi connectivity index (χ4v) is 2.95. The second kappa shape index (κ2) is 11.1. The molecule has 2 aliphatic rings. The zero-order valence-corrected chi connectivity index (χ0v) is 16.4. The molecule has 0 aliphatic heterocycles. The summed E-state index contributed by atoms with van der Waals surface area (Å²) in [5, 5.41) is 1.19. The number of nitrogens with zero attached hydrogens (tertiary/aromatic N) is 2. The number of hydrogen-bond donors (Lipinski definition) is 1. The molecule has 0 saturated carbocycles. The summed E-state index contributed by atoms with van der Waals surface area (Å²) >= 11 is 0. The van der Waals surface area contributed by atoms with E-state index in [9.17, 15) is 4.79 Å². The quantitative estimate of drug-likeness (QED) is 0.693. The van der Waals surface area contributed by atoms with Crippen LogP contribution in [0.25, 0.3) is 16.6 Å². The third-order valence-electron chi connectivity index (χ3n) is 4.49. The number of hydrogen-bond acceptors (Lipinski definition) is 3. The summed E-state index contributed by atoms with van der Waals surface area (Å²) < 4.78 is 0. The van der Waals surface area contributed by atoms with Gasteiger partial charge in [0.25, 0.3) is 0 Å². The van der Waals surface area contributed by atoms with E-state index in [1.54, 1.807) is 6.33 Å². The van der Waals surface area contributed by atoms with Crippen molar-refractivity contribution in [3.8, 4) is 0 Å². The first-order valence-corrected chi connectivity index (χ1v) is 9.62. The molecule has 4 heteroatoms. The summed E-state index contributed by atoms with van der Waals surface area (Å²) in [5.74, 6) is 0.106. The lowest BCUT2D eigenvalue weighted by Gasteiger charge is -2.12. The third-order valence-corrected chi connectivity index (χ3v) is 4.49. The van der Waals surface area contributed by atoms with E-state index in [0.717, 1.165) is 24.2 Å². The van der Waals surface area contributed by atoms with Crippen LogP contribution >= 0.6 is 0 Å². The van der Waals surface area contributed by atoms with Crippen LogP contribution in [0.3, 0.4) is 0 Å². The van der Waals surface area contributed by atoms with E-state index in [1.165, 1.54) is 41.9 Å². The first-order valence-electron chi connectivity index (χ1n) is 9.62. The summed E-state index contributed by atoms with van der Waals surface area (Å²) in [6, 6.07) is 0. The average molecular weight is 364 g/mol. The highest BCUT2D eigenvalue weighted by Gasteiger charge is 2.13. The zero-order chi connectivity index (χ0) is 19.5. The first kappa shape index (κ1) is 20.6. The van der Waals surface area contributed by atoms with Crippen molar-refractivity contribution in [2.45, 2.75) is 52.4 Å². The molecule has 0 spiro atoms. The van der Waals surface area contributed by atoms with Gasteiger partial charge < -0.3 is 4.98 Å². The van der Waals surface area contributed by atoms with Crippen molar-refractivity contribution in [2.24, 2.45) is 0 Å². The van der Waals surface area contributed by atoms with E-state index in [0.29, 0.717) is 6.42 Å². The Hall–Kier alpha value is -2.75. The van der Waals surface area contributed by atoms with Gasteiger partial charge in [-0.25, -0.2) is 9.97 Å². The Balaban J connectivity index is 0.000000196. The minimum absolute atomic E-state index is 0.106. The Kier molecular flexibility index (Phi) is 8.43. The van der Waals surface area contributed by atoms with Gasteiger partial charge in [0.05, 0.1) is 5.69 Å². The van der Waals surface area contributed by atoms with Crippen LogP contribution in [-0.2, 0) is 4.79 Å². The second-order valence-corrected chi connectivity index (χ2v) is 6.51. The fourth-order valence-electron chi connectivity index (χ4n) is 2.95. The van der Waals surface area contributed by atoms with E-state index in [2.05, 4.69) is 58.8 Å². The van der Waals surface area contributed by atoms with E-state index in [4.69, 9.17) is 0 Å². The maximum atomic E-state index is 10.1. The number of rotatable bonds is 3. The van der Waals surface area contributed by atoms with Gasteiger partial charge in [0.1, 0.15) is 12.0 Å². The zero-order valence-electron chi connectivity index (χ0n) is 16.4. The highest BCUT2D eigenvalue weighted by atomic mass is 16.1. The molecule has 2 heterocycles. The van der Waals surface area contributed by atoms with Gasteiger partial charge in [0, 0.05) is 18.0 Å². The summed E-state index contributed by atoms with van der Waals surface area (Å²) in [4.78, 5) is 22.0. The molecule has 0 amide bonds. The van der Waals surface area contributed by atoms with Crippen LogP contribution in [0, 0.1) is 6.92 Å². The van der Waals surface area contributed by atoms with E-state index in [-0.39, 0.29) is 5.78 Å². The SMILES string of the molecule is C1=CCC=C1.C=CC(=O)CC.Cc1c[nH]c2ncnc(C3=CCCCC3)c12. The van der Waals surface area contributed by atoms with Gasteiger partial charge in [-0.1, -0.05) is 43.9 Å². The Morgan fingerprint density at radius 2 is 2.04 bits per heavy atom. The van der Waals surface area contributed by atoms with E-state index >= 15 is 0 Å². The lowest BCUT2D eigenvalue weighted by Crippen LogP contribution is -1.96. The van der Waals surface area contributed by atoms with Crippen LogP contribution in [0.2, 0.25) is 0 Å². The largest absolute Gasteiger partial charge is 0.346 e. The highest BCUT2D eigenvalue weighted by molar-refractivity contribution is 5.90. The second-order valence-electron chi connectivity index (χ2n) is 6.51. The van der Waals surface area contributed by atoms with Crippen molar-refractivity contribution in [3.05, 3.63) is 66.8 Å². The van der Waals surface area contributed by atoms with Crippen LogP contribution < -0.4 is 0 Å². The molecule has 142 valence electrons. The first-order chi connectivity index (χ1) is 13.2. The van der Waals surface area contributed by atoms with Gasteiger partial charge in [-0.15, -0.1) is 0 Å². The molecule has 0 unspecified atom stereocenters. The standard InChI is InChI=1S/C13H15N3.C5H8O.C5H6/c1-9-7-14-13-11(9)12(15-8-16-13)10-5-3-2-4-6-10;1-3-5(6)4-2;1-2-4-5-3-1/h5,7-8H,2-4,6H2,1H3,(H,14,15,16);3H,1,4H2,2H3;1-4H,5H2. The lowest BCUT2D eigenvalue weighted by molar-refractivity contribution is -0.114. The maximum Gasteiger partial charge on any atom is 0.154 e. The van der Waals surface area contributed by atoms with Crippen LogP contribution in [0.5, 0.6) is 0 Å². The van der Waals surface area contributed by atoms with Gasteiger partial charge in [-0.05, 0) is 56.2 Å². The van der Waals surface area contributed by atoms with Crippen molar-refractivity contribution in [2.75, 3.05) is 0 Å². The minimum atomic E-state index is 0.106. The molecule has 27 heavy (non-hydrogen) atoms. The van der Waals surface area contributed by atoms with Gasteiger partial charge in [-0.2, -0.15) is 0 Å². The number of aryl methyl sites for hydroxylation is 1. The number of nitrogens with one attached hydrogen (secondary N) is 1.